The molecule has 5 rings (SSSR count). The number of thiazole rings is 1. The number of hydrogen-bond donors (Lipinski definition) is 0. The predicted octanol–water partition coefficient (Wildman–Crippen LogP) is 5.26. The molecule has 1 unspecified atom stereocenters. The van der Waals surface area contributed by atoms with Crippen LogP contribution in [0.4, 0.5) is 0 Å². The second kappa shape index (κ2) is 8.96. The highest BCUT2D eigenvalue weighted by Gasteiger charge is 2.15. The summed E-state index contributed by atoms with van der Waals surface area (Å²) in [7, 11) is 0. The zero-order valence-corrected chi connectivity index (χ0v) is 19.9. The van der Waals surface area contributed by atoms with Crippen LogP contribution in [0.2, 0.25) is 0 Å². The van der Waals surface area contributed by atoms with Crippen molar-refractivity contribution in [1.82, 2.24) is 18.9 Å². The van der Waals surface area contributed by atoms with Gasteiger partial charge in [0.15, 0.2) is 10.1 Å². The van der Waals surface area contributed by atoms with Crippen LogP contribution in [0.5, 0.6) is 0 Å². The Labute approximate surface area is 198 Å². The van der Waals surface area contributed by atoms with Gasteiger partial charge < -0.3 is 0 Å². The van der Waals surface area contributed by atoms with Gasteiger partial charge in [-0.15, -0.1) is 11.3 Å². The fourth-order valence-electron chi connectivity index (χ4n) is 3.72. The van der Waals surface area contributed by atoms with Crippen LogP contribution in [0.1, 0.15) is 37.4 Å². The van der Waals surface area contributed by atoms with E-state index in [1.54, 1.807) is 16.8 Å². The minimum absolute atomic E-state index is 0.110. The van der Waals surface area contributed by atoms with Gasteiger partial charge in [0.25, 0.3) is 11.1 Å². The van der Waals surface area contributed by atoms with Crippen molar-refractivity contribution in [2.24, 2.45) is 0 Å². The van der Waals surface area contributed by atoms with Gasteiger partial charge in [-0.1, -0.05) is 49.9 Å². The number of thioether (sulfide) groups is 1. The third kappa shape index (κ3) is 4.12. The number of hydrogen-bond acceptors (Lipinski definition) is 6. The topological polar surface area (TPSA) is 69.3 Å². The largest absolute Gasteiger partial charge is 0.269 e. The first-order valence-electron chi connectivity index (χ1n) is 10.8. The van der Waals surface area contributed by atoms with Gasteiger partial charge in [-0.25, -0.2) is 9.97 Å². The Bertz CT molecular complexity index is 1570. The molecule has 166 valence electrons. The van der Waals surface area contributed by atoms with Crippen LogP contribution < -0.4 is 11.1 Å². The van der Waals surface area contributed by atoms with Crippen LogP contribution in [0, 0.1) is 0 Å². The van der Waals surface area contributed by atoms with Crippen LogP contribution in [0.15, 0.2) is 80.9 Å². The summed E-state index contributed by atoms with van der Waals surface area (Å²) in [5.41, 5.74) is 3.11. The minimum Gasteiger partial charge on any atom is -0.269 e. The van der Waals surface area contributed by atoms with Crippen molar-refractivity contribution >= 4 is 39.0 Å². The van der Waals surface area contributed by atoms with Crippen molar-refractivity contribution < 1.29 is 0 Å². The summed E-state index contributed by atoms with van der Waals surface area (Å²) in [5.74, 6) is 0.885. The molecule has 0 amide bonds. The van der Waals surface area contributed by atoms with Crippen molar-refractivity contribution in [2.75, 3.05) is 0 Å². The van der Waals surface area contributed by atoms with Gasteiger partial charge in [0, 0.05) is 23.4 Å². The molecule has 3 aromatic heterocycles. The Balaban J connectivity index is 1.58. The van der Waals surface area contributed by atoms with E-state index in [1.807, 2.05) is 35.7 Å². The number of benzene rings is 2. The predicted molar refractivity (Wildman–Crippen MR) is 135 cm³/mol. The maximum atomic E-state index is 13.5. The van der Waals surface area contributed by atoms with Crippen LogP contribution in [-0.2, 0) is 5.75 Å². The van der Waals surface area contributed by atoms with Crippen LogP contribution in [0.25, 0.3) is 21.6 Å². The Morgan fingerprint density at radius 3 is 2.64 bits per heavy atom. The molecular weight excluding hydrogens is 452 g/mol. The summed E-state index contributed by atoms with van der Waals surface area (Å²) in [6.07, 6.45) is 2.78. The van der Waals surface area contributed by atoms with E-state index >= 15 is 0 Å². The first kappa shape index (κ1) is 21.6. The molecular formula is C25H22N4O2S2. The summed E-state index contributed by atoms with van der Waals surface area (Å²) >= 11 is 2.82. The minimum atomic E-state index is -0.110. The van der Waals surface area contributed by atoms with Gasteiger partial charge in [-0.2, -0.15) is 0 Å². The highest BCUT2D eigenvalue weighted by molar-refractivity contribution is 7.98. The Kier molecular flexibility index (Phi) is 5.86. The van der Waals surface area contributed by atoms with Crippen molar-refractivity contribution in [1.29, 1.82) is 0 Å². The highest BCUT2D eigenvalue weighted by Crippen LogP contribution is 2.26. The molecule has 0 aliphatic carbocycles. The average molecular weight is 475 g/mol. The molecule has 0 saturated carbocycles. The summed E-state index contributed by atoms with van der Waals surface area (Å²) < 4.78 is 3.19. The van der Waals surface area contributed by atoms with Gasteiger partial charge in [0.2, 0.25) is 0 Å². The normalized spacial score (nSPS) is 12.4. The first-order chi connectivity index (χ1) is 16.0. The van der Waals surface area contributed by atoms with E-state index < -0.39 is 0 Å². The van der Waals surface area contributed by atoms with Gasteiger partial charge >= 0.3 is 0 Å². The van der Waals surface area contributed by atoms with Crippen molar-refractivity contribution in [3.63, 3.8) is 0 Å². The maximum Gasteiger partial charge on any atom is 0.266 e. The number of fused-ring (bicyclic) bond motifs is 2. The zero-order valence-electron chi connectivity index (χ0n) is 18.3. The second-order valence-electron chi connectivity index (χ2n) is 7.88. The van der Waals surface area contributed by atoms with Gasteiger partial charge in [0.1, 0.15) is 0 Å². The Hall–Kier alpha value is -3.23. The number of para-hydroxylation sites is 1. The molecule has 0 fully saturated rings. The van der Waals surface area contributed by atoms with E-state index in [1.165, 1.54) is 39.1 Å². The zero-order chi connectivity index (χ0) is 22.9. The monoisotopic (exact) mass is 474 g/mol. The number of nitrogens with zero attached hydrogens (tertiary/aromatic N) is 4. The Morgan fingerprint density at radius 1 is 1.06 bits per heavy atom. The van der Waals surface area contributed by atoms with Crippen LogP contribution in [-0.4, -0.2) is 18.9 Å². The molecule has 3 heterocycles. The lowest BCUT2D eigenvalue weighted by molar-refractivity contribution is 0.732. The van der Waals surface area contributed by atoms with Gasteiger partial charge in [-0.05, 0) is 42.2 Å². The summed E-state index contributed by atoms with van der Waals surface area (Å²) in [6, 6.07) is 17.0. The molecule has 8 heteroatoms. The molecule has 2 aromatic carbocycles. The average Bonchev–Trinajstić information content (AvgIpc) is 3.32. The molecule has 0 N–H and O–H groups in total. The number of rotatable bonds is 6. The standard InChI is InChI=1S/C25H22N4O2S2/c1-3-16(2)17-8-10-19(11-9-17)29-23(31)20-6-4-5-7-21(20)27-25(29)33-15-18-14-22(30)28-12-13-32-24(28)26-18/h4-14,16H,3,15H2,1-2H3. The van der Waals surface area contributed by atoms with E-state index in [4.69, 9.17) is 4.98 Å². The molecule has 0 radical (unpaired) electrons. The van der Waals surface area contributed by atoms with Crippen LogP contribution in [0.3, 0.4) is 0 Å². The summed E-state index contributed by atoms with van der Waals surface area (Å²) in [4.78, 5) is 35.9. The molecule has 1 atom stereocenters. The lowest BCUT2D eigenvalue weighted by Crippen LogP contribution is -2.22. The highest BCUT2D eigenvalue weighted by atomic mass is 32.2. The first-order valence-corrected chi connectivity index (χ1v) is 12.6. The maximum absolute atomic E-state index is 13.5. The molecule has 0 saturated heterocycles. The van der Waals surface area contributed by atoms with Crippen molar-refractivity contribution in [3.8, 4) is 5.69 Å². The molecule has 0 spiro atoms. The fraction of sp³-hybridized carbons (Fsp3) is 0.200. The Morgan fingerprint density at radius 2 is 1.85 bits per heavy atom. The SMILES string of the molecule is CCC(C)c1ccc(-n2c(SCc3cc(=O)n4ccsc4n3)nc3ccccc3c2=O)cc1. The van der Waals surface area contributed by atoms with E-state index in [2.05, 4.69) is 31.0 Å². The number of aromatic nitrogens is 4. The van der Waals surface area contributed by atoms with Gasteiger partial charge in [0.05, 0.1) is 22.3 Å². The van der Waals surface area contributed by atoms with Crippen molar-refractivity contribution in [3.05, 3.63) is 98.1 Å². The lowest BCUT2D eigenvalue weighted by Gasteiger charge is -2.15. The molecule has 0 bridgehead atoms. The quantitative estimate of drug-likeness (QED) is 0.248. The molecule has 5 aromatic rings. The molecule has 6 nitrogen and oxygen atoms in total. The van der Waals surface area contributed by atoms with E-state index in [-0.39, 0.29) is 11.1 Å². The molecule has 33 heavy (non-hydrogen) atoms. The molecule has 0 aliphatic rings. The summed E-state index contributed by atoms with van der Waals surface area (Å²) in [5, 5.41) is 2.99. The van der Waals surface area contributed by atoms with E-state index in [9.17, 15) is 9.59 Å². The van der Waals surface area contributed by atoms with Crippen LogP contribution >= 0.6 is 23.1 Å². The second-order valence-corrected chi connectivity index (χ2v) is 9.70. The third-order valence-corrected chi connectivity index (χ3v) is 7.51. The van der Waals surface area contributed by atoms with E-state index in [0.29, 0.717) is 38.4 Å². The smallest absolute Gasteiger partial charge is 0.266 e. The molecule has 0 aliphatic heterocycles. The summed E-state index contributed by atoms with van der Waals surface area (Å²) in [6.45, 7) is 4.36. The fourth-order valence-corrected chi connectivity index (χ4v) is 5.37. The van der Waals surface area contributed by atoms with Crippen molar-refractivity contribution in [2.45, 2.75) is 37.1 Å². The van der Waals surface area contributed by atoms with E-state index in [0.717, 1.165) is 12.1 Å². The third-order valence-electron chi connectivity index (χ3n) is 5.78. The lowest BCUT2D eigenvalue weighted by atomic mass is 9.98. The van der Waals surface area contributed by atoms with Gasteiger partial charge in [-0.3, -0.25) is 18.6 Å².